The van der Waals surface area contributed by atoms with Gasteiger partial charge < -0.3 is 20.7 Å². The lowest BCUT2D eigenvalue weighted by molar-refractivity contribution is 0.178. The molecule has 1 aromatic rings. The molecule has 1 heterocycles. The number of nitrogens with two attached hydrogens (primary N) is 1. The topological polar surface area (TPSA) is 76.3 Å². The summed E-state index contributed by atoms with van der Waals surface area (Å²) < 4.78 is 5.00. The van der Waals surface area contributed by atoms with Crippen LogP contribution in [-0.4, -0.2) is 48.2 Å². The van der Waals surface area contributed by atoms with E-state index in [-0.39, 0.29) is 5.54 Å². The van der Waals surface area contributed by atoms with Gasteiger partial charge >= 0.3 is 0 Å². The molecule has 0 unspecified atom stereocenters. The smallest absolute Gasteiger partial charge is 0.158 e. The summed E-state index contributed by atoms with van der Waals surface area (Å²) in [7, 11) is 5.70. The first-order valence-corrected chi connectivity index (χ1v) is 5.89. The van der Waals surface area contributed by atoms with Crippen molar-refractivity contribution in [1.29, 1.82) is 0 Å². The van der Waals surface area contributed by atoms with Crippen LogP contribution >= 0.6 is 0 Å². The summed E-state index contributed by atoms with van der Waals surface area (Å²) in [4.78, 5) is 10.6. The monoisotopic (exact) mass is 253 g/mol. The van der Waals surface area contributed by atoms with Crippen LogP contribution in [0.2, 0.25) is 0 Å². The third kappa shape index (κ3) is 4.12. The van der Waals surface area contributed by atoms with E-state index in [2.05, 4.69) is 34.0 Å². The van der Waals surface area contributed by atoms with Crippen molar-refractivity contribution in [3.63, 3.8) is 0 Å². The first-order chi connectivity index (χ1) is 8.35. The third-order valence-electron chi connectivity index (χ3n) is 2.98. The highest BCUT2D eigenvalue weighted by Crippen LogP contribution is 2.13. The second-order valence-electron chi connectivity index (χ2n) is 5.09. The van der Waals surface area contributed by atoms with Crippen LogP contribution in [0.3, 0.4) is 0 Å². The molecule has 1 rings (SSSR count). The molecular weight excluding hydrogens is 230 g/mol. The van der Waals surface area contributed by atoms with E-state index in [1.165, 1.54) is 0 Å². The van der Waals surface area contributed by atoms with Crippen molar-refractivity contribution < 1.29 is 4.74 Å². The van der Waals surface area contributed by atoms with Crippen molar-refractivity contribution >= 4 is 11.6 Å². The quantitative estimate of drug-likeness (QED) is 0.786. The number of nitrogens with zero attached hydrogens (tertiary/aromatic N) is 3. The first kappa shape index (κ1) is 14.7. The largest absolute Gasteiger partial charge is 0.384 e. The van der Waals surface area contributed by atoms with Gasteiger partial charge in [-0.2, -0.15) is 0 Å². The molecule has 0 atom stereocenters. The van der Waals surface area contributed by atoms with Gasteiger partial charge in [-0.3, -0.25) is 0 Å². The zero-order chi connectivity index (χ0) is 13.8. The van der Waals surface area contributed by atoms with Crippen molar-refractivity contribution in [2.45, 2.75) is 26.0 Å². The van der Waals surface area contributed by atoms with Gasteiger partial charge in [0.05, 0.1) is 0 Å². The third-order valence-corrected chi connectivity index (χ3v) is 2.98. The number of anilines is 2. The Morgan fingerprint density at radius 2 is 2.06 bits per heavy atom. The van der Waals surface area contributed by atoms with Crippen LogP contribution in [-0.2, 0) is 11.3 Å². The number of likely N-dealkylation sites (N-methyl/N-ethyl adjacent to an activating group) is 1. The standard InChI is InChI=1S/C12H23N5O/c1-12(2,17(3)4)8-14-10-6-9(13)15-11(16-10)7-18-5/h6H,7-8H2,1-5H3,(H3,13,14,15,16). The number of ether oxygens (including phenoxy) is 1. The highest BCUT2D eigenvalue weighted by molar-refractivity contribution is 5.44. The molecule has 0 aliphatic heterocycles. The lowest BCUT2D eigenvalue weighted by Crippen LogP contribution is -2.44. The zero-order valence-corrected chi connectivity index (χ0v) is 11.8. The van der Waals surface area contributed by atoms with Crippen LogP contribution in [0.15, 0.2) is 6.07 Å². The summed E-state index contributed by atoms with van der Waals surface area (Å²) in [5.41, 5.74) is 5.76. The normalized spacial score (nSPS) is 11.9. The fourth-order valence-corrected chi connectivity index (χ4v) is 1.27. The maximum Gasteiger partial charge on any atom is 0.158 e. The molecule has 0 saturated carbocycles. The molecule has 0 aromatic carbocycles. The van der Waals surface area contributed by atoms with E-state index in [1.54, 1.807) is 13.2 Å². The van der Waals surface area contributed by atoms with Crippen molar-refractivity contribution in [2.75, 3.05) is 38.8 Å². The fourth-order valence-electron chi connectivity index (χ4n) is 1.27. The molecule has 0 aliphatic rings. The SMILES string of the molecule is COCc1nc(N)cc(NCC(C)(C)N(C)C)n1. The molecule has 0 aliphatic carbocycles. The van der Waals surface area contributed by atoms with E-state index in [0.29, 0.717) is 18.2 Å². The Balaban J connectivity index is 2.73. The maximum atomic E-state index is 5.73. The van der Waals surface area contributed by atoms with E-state index >= 15 is 0 Å². The molecule has 0 amide bonds. The Morgan fingerprint density at radius 3 is 2.61 bits per heavy atom. The molecule has 1 aromatic heterocycles. The Bertz CT molecular complexity index is 392. The van der Waals surface area contributed by atoms with Gasteiger partial charge in [0.2, 0.25) is 0 Å². The maximum absolute atomic E-state index is 5.73. The lowest BCUT2D eigenvalue weighted by atomic mass is 10.0. The second-order valence-corrected chi connectivity index (χ2v) is 5.09. The van der Waals surface area contributed by atoms with Gasteiger partial charge in [-0.1, -0.05) is 0 Å². The Kier molecular flexibility index (Phi) is 4.86. The highest BCUT2D eigenvalue weighted by atomic mass is 16.5. The molecule has 3 N–H and O–H groups in total. The molecule has 0 bridgehead atoms. The van der Waals surface area contributed by atoms with Gasteiger partial charge in [0, 0.05) is 25.3 Å². The average Bonchev–Trinajstić information content (AvgIpc) is 2.26. The van der Waals surface area contributed by atoms with Crippen LogP contribution < -0.4 is 11.1 Å². The fraction of sp³-hybridized carbons (Fsp3) is 0.667. The minimum absolute atomic E-state index is 0.0289. The number of nitrogens with one attached hydrogen (secondary N) is 1. The summed E-state index contributed by atoms with van der Waals surface area (Å²) in [6.07, 6.45) is 0. The predicted octanol–water partition coefficient (Wildman–Crippen LogP) is 0.957. The summed E-state index contributed by atoms with van der Waals surface area (Å²) >= 11 is 0. The lowest BCUT2D eigenvalue weighted by Gasteiger charge is -2.32. The Morgan fingerprint density at radius 1 is 1.39 bits per heavy atom. The van der Waals surface area contributed by atoms with Gasteiger partial charge in [-0.05, 0) is 27.9 Å². The number of hydrogen-bond donors (Lipinski definition) is 2. The van der Waals surface area contributed by atoms with Crippen molar-refractivity contribution in [1.82, 2.24) is 14.9 Å². The Hall–Kier alpha value is -1.40. The highest BCUT2D eigenvalue weighted by Gasteiger charge is 2.20. The number of rotatable bonds is 6. The van der Waals surface area contributed by atoms with Gasteiger partial charge in [-0.15, -0.1) is 0 Å². The second kappa shape index (κ2) is 5.97. The molecule has 102 valence electrons. The minimum Gasteiger partial charge on any atom is -0.384 e. The van der Waals surface area contributed by atoms with E-state index in [0.717, 1.165) is 12.4 Å². The molecule has 18 heavy (non-hydrogen) atoms. The van der Waals surface area contributed by atoms with Gasteiger partial charge in [0.25, 0.3) is 0 Å². The van der Waals surface area contributed by atoms with Gasteiger partial charge in [0.1, 0.15) is 18.2 Å². The molecule has 6 heteroatoms. The molecule has 0 saturated heterocycles. The number of methoxy groups -OCH3 is 1. The first-order valence-electron chi connectivity index (χ1n) is 5.89. The van der Waals surface area contributed by atoms with E-state index in [1.807, 2.05) is 14.1 Å². The van der Waals surface area contributed by atoms with Crippen LogP contribution in [0.5, 0.6) is 0 Å². The van der Waals surface area contributed by atoms with Crippen LogP contribution in [0.25, 0.3) is 0 Å². The van der Waals surface area contributed by atoms with E-state index in [4.69, 9.17) is 10.5 Å². The van der Waals surface area contributed by atoms with E-state index in [9.17, 15) is 0 Å². The number of aromatic nitrogens is 2. The zero-order valence-electron chi connectivity index (χ0n) is 11.8. The molecule has 0 radical (unpaired) electrons. The summed E-state index contributed by atoms with van der Waals surface area (Å²) in [6, 6.07) is 1.73. The van der Waals surface area contributed by atoms with Crippen molar-refractivity contribution in [3.05, 3.63) is 11.9 Å². The van der Waals surface area contributed by atoms with Gasteiger partial charge in [0.15, 0.2) is 5.82 Å². The predicted molar refractivity (Wildman–Crippen MR) is 73.4 cm³/mol. The molecule has 6 nitrogen and oxygen atoms in total. The average molecular weight is 253 g/mol. The van der Waals surface area contributed by atoms with Crippen molar-refractivity contribution in [3.8, 4) is 0 Å². The van der Waals surface area contributed by atoms with Crippen LogP contribution in [0.4, 0.5) is 11.6 Å². The summed E-state index contributed by atoms with van der Waals surface area (Å²) in [5.74, 6) is 1.76. The minimum atomic E-state index is 0.0289. The Labute approximate surface area is 109 Å². The van der Waals surface area contributed by atoms with Crippen molar-refractivity contribution in [2.24, 2.45) is 0 Å². The van der Waals surface area contributed by atoms with Crippen LogP contribution in [0, 0.1) is 0 Å². The van der Waals surface area contributed by atoms with Gasteiger partial charge in [-0.25, -0.2) is 9.97 Å². The molecular formula is C12H23N5O. The summed E-state index contributed by atoms with van der Waals surface area (Å²) in [6.45, 7) is 5.43. The molecule has 0 fully saturated rings. The summed E-state index contributed by atoms with van der Waals surface area (Å²) in [5, 5.41) is 3.28. The van der Waals surface area contributed by atoms with E-state index < -0.39 is 0 Å². The number of nitrogen functional groups attached to an aromatic ring is 1. The van der Waals surface area contributed by atoms with Crippen LogP contribution in [0.1, 0.15) is 19.7 Å². The number of hydrogen-bond acceptors (Lipinski definition) is 6. The molecule has 0 spiro atoms.